The molecule has 1 N–H and O–H groups in total. The average molecular weight is 488 g/mol. The van der Waals surface area contributed by atoms with Gasteiger partial charge >= 0.3 is 0 Å². The topological polar surface area (TPSA) is 63.6 Å². The molecule has 2 amide bonds. The number of piperidine rings is 1. The van der Waals surface area contributed by atoms with Gasteiger partial charge in [0.25, 0.3) is 5.91 Å². The summed E-state index contributed by atoms with van der Waals surface area (Å²) in [5.74, 6) is 0.842. The number of thiophene rings is 1. The van der Waals surface area contributed by atoms with E-state index in [1.54, 1.807) is 18.4 Å². The van der Waals surface area contributed by atoms with Crippen LogP contribution in [0.1, 0.15) is 34.5 Å². The Morgan fingerprint density at radius 2 is 1.77 bits per heavy atom. The fourth-order valence-electron chi connectivity index (χ4n) is 4.70. The van der Waals surface area contributed by atoms with E-state index in [0.29, 0.717) is 44.7 Å². The molecule has 4 aromatic rings. The van der Waals surface area contributed by atoms with E-state index in [1.165, 1.54) is 0 Å². The van der Waals surface area contributed by atoms with Gasteiger partial charge in [0.2, 0.25) is 5.91 Å². The van der Waals surface area contributed by atoms with E-state index in [4.69, 9.17) is 4.74 Å². The Labute approximate surface area is 209 Å². The van der Waals surface area contributed by atoms with Gasteiger partial charge in [-0.1, -0.05) is 42.5 Å². The molecule has 1 saturated heterocycles. The van der Waals surface area contributed by atoms with Gasteiger partial charge in [0.1, 0.15) is 16.3 Å². The van der Waals surface area contributed by atoms with Gasteiger partial charge in [-0.15, -0.1) is 11.3 Å². The first-order valence-corrected chi connectivity index (χ1v) is 12.8. The Morgan fingerprint density at radius 1 is 1.00 bits per heavy atom. The number of nitrogens with one attached hydrogen (secondary N) is 1. The summed E-state index contributed by atoms with van der Waals surface area (Å²) in [6.45, 7) is 2.30. The number of ether oxygens (including phenoxy) is 1. The van der Waals surface area contributed by atoms with Gasteiger partial charge in [-0.25, -0.2) is 0 Å². The van der Waals surface area contributed by atoms with Crippen molar-refractivity contribution in [3.05, 3.63) is 88.9 Å². The van der Waals surface area contributed by atoms with E-state index >= 15 is 0 Å². The van der Waals surface area contributed by atoms with Crippen LogP contribution >= 0.6 is 11.3 Å². The fourth-order valence-corrected chi connectivity index (χ4v) is 5.60. The van der Waals surface area contributed by atoms with Crippen LogP contribution in [-0.4, -0.2) is 41.5 Å². The second-order valence-electron chi connectivity index (χ2n) is 8.92. The number of likely N-dealkylation sites (tertiary alicyclic amines) is 1. The number of nitrogens with zero attached hydrogens (tertiary/aromatic N) is 2. The van der Waals surface area contributed by atoms with E-state index < -0.39 is 0 Å². The summed E-state index contributed by atoms with van der Waals surface area (Å²) < 4.78 is 7.48. The zero-order valence-corrected chi connectivity index (χ0v) is 20.6. The van der Waals surface area contributed by atoms with Crippen molar-refractivity contribution in [1.82, 2.24) is 14.8 Å². The summed E-state index contributed by atoms with van der Waals surface area (Å²) in [6.07, 6.45) is 1.36. The molecule has 0 radical (unpaired) electrons. The monoisotopic (exact) mass is 487 g/mol. The number of carbonyl (C=O) groups excluding carboxylic acids is 2. The minimum Gasteiger partial charge on any atom is -0.497 e. The van der Waals surface area contributed by atoms with Gasteiger partial charge in [-0.05, 0) is 53.6 Å². The van der Waals surface area contributed by atoms with Crippen molar-refractivity contribution in [3.63, 3.8) is 0 Å². The molecule has 0 aliphatic carbocycles. The second-order valence-corrected chi connectivity index (χ2v) is 9.81. The van der Waals surface area contributed by atoms with Crippen molar-refractivity contribution in [2.24, 2.45) is 5.92 Å². The Balaban J connectivity index is 1.26. The number of hydrogen-bond acceptors (Lipinski definition) is 4. The van der Waals surface area contributed by atoms with Crippen molar-refractivity contribution >= 4 is 33.4 Å². The molecule has 3 heterocycles. The number of amides is 2. The summed E-state index contributed by atoms with van der Waals surface area (Å²) in [4.78, 5) is 29.2. The maximum absolute atomic E-state index is 13.6. The third-order valence-electron chi connectivity index (χ3n) is 6.66. The zero-order chi connectivity index (χ0) is 24.2. The average Bonchev–Trinajstić information content (AvgIpc) is 3.50. The lowest BCUT2D eigenvalue weighted by Gasteiger charge is -2.31. The van der Waals surface area contributed by atoms with Crippen molar-refractivity contribution in [2.45, 2.75) is 25.9 Å². The van der Waals surface area contributed by atoms with Crippen LogP contribution in [0.2, 0.25) is 0 Å². The first-order valence-electron chi connectivity index (χ1n) is 11.9. The maximum atomic E-state index is 13.6. The van der Waals surface area contributed by atoms with Crippen molar-refractivity contribution < 1.29 is 14.3 Å². The van der Waals surface area contributed by atoms with Crippen molar-refractivity contribution in [2.75, 3.05) is 20.2 Å². The lowest BCUT2D eigenvalue weighted by atomic mass is 9.95. The van der Waals surface area contributed by atoms with Crippen LogP contribution < -0.4 is 10.1 Å². The number of aromatic nitrogens is 1. The van der Waals surface area contributed by atoms with Crippen molar-refractivity contribution in [1.29, 1.82) is 0 Å². The van der Waals surface area contributed by atoms with Crippen LogP contribution in [0.25, 0.3) is 10.2 Å². The van der Waals surface area contributed by atoms with E-state index in [0.717, 1.165) is 27.1 Å². The molecule has 0 unspecified atom stereocenters. The molecule has 5 rings (SSSR count). The van der Waals surface area contributed by atoms with E-state index in [-0.39, 0.29) is 17.7 Å². The maximum Gasteiger partial charge on any atom is 0.270 e. The molecule has 7 heteroatoms. The van der Waals surface area contributed by atoms with Gasteiger partial charge in [0, 0.05) is 37.5 Å². The molecular weight excluding hydrogens is 458 g/mol. The van der Waals surface area contributed by atoms with Crippen LogP contribution in [0.4, 0.5) is 0 Å². The normalized spacial score (nSPS) is 14.3. The molecule has 1 fully saturated rings. The Hall–Kier alpha value is -3.58. The van der Waals surface area contributed by atoms with Crippen LogP contribution in [-0.2, 0) is 17.9 Å². The molecular formula is C28H29N3O3S. The molecule has 35 heavy (non-hydrogen) atoms. The Morgan fingerprint density at radius 3 is 2.54 bits per heavy atom. The number of methoxy groups -OCH3 is 1. The Bertz CT molecular complexity index is 1320. The quantitative estimate of drug-likeness (QED) is 0.402. The highest BCUT2D eigenvalue weighted by Crippen LogP contribution is 2.29. The molecule has 2 aromatic carbocycles. The SMILES string of the molecule is COc1cccc(Cn2c(C(=O)N3CCC(C(=O)NCc4ccccc4)CC3)cc3ccsc32)c1. The number of fused-ring (bicyclic) bond motifs is 1. The number of carbonyl (C=O) groups is 2. The zero-order valence-electron chi connectivity index (χ0n) is 19.8. The molecule has 6 nitrogen and oxygen atoms in total. The molecule has 1 aliphatic heterocycles. The highest BCUT2D eigenvalue weighted by molar-refractivity contribution is 7.16. The van der Waals surface area contributed by atoms with Gasteiger partial charge < -0.3 is 19.5 Å². The van der Waals surface area contributed by atoms with Crippen molar-refractivity contribution in [3.8, 4) is 5.75 Å². The molecule has 0 atom stereocenters. The number of hydrogen-bond donors (Lipinski definition) is 1. The van der Waals surface area contributed by atoms with Gasteiger partial charge in [-0.3, -0.25) is 9.59 Å². The van der Waals surface area contributed by atoms with Crippen LogP contribution in [0.5, 0.6) is 5.75 Å². The summed E-state index contributed by atoms with van der Waals surface area (Å²) in [7, 11) is 1.66. The van der Waals surface area contributed by atoms with Gasteiger partial charge in [0.05, 0.1) is 7.11 Å². The predicted molar refractivity (Wildman–Crippen MR) is 139 cm³/mol. The smallest absolute Gasteiger partial charge is 0.270 e. The standard InChI is InChI=1S/C28H29N3O3S/c1-34-24-9-5-8-21(16-24)19-31-25(17-23-12-15-35-28(23)31)27(33)30-13-10-22(11-14-30)26(32)29-18-20-6-3-2-4-7-20/h2-9,12,15-17,22H,10-11,13-14,18-19H2,1H3,(H,29,32). The molecule has 0 bridgehead atoms. The molecule has 1 aliphatic rings. The van der Waals surface area contributed by atoms with Crippen LogP contribution in [0, 0.1) is 5.92 Å². The summed E-state index contributed by atoms with van der Waals surface area (Å²) in [6, 6.07) is 21.9. The Kier molecular flexibility index (Phi) is 6.86. The lowest BCUT2D eigenvalue weighted by molar-refractivity contribution is -0.126. The first-order chi connectivity index (χ1) is 17.1. The fraction of sp³-hybridized carbons (Fsp3) is 0.286. The highest BCUT2D eigenvalue weighted by atomic mass is 32.1. The van der Waals surface area contributed by atoms with E-state index in [1.807, 2.05) is 59.5 Å². The third kappa shape index (κ3) is 5.10. The summed E-state index contributed by atoms with van der Waals surface area (Å²) in [5.41, 5.74) is 2.87. The largest absolute Gasteiger partial charge is 0.497 e. The molecule has 0 spiro atoms. The lowest BCUT2D eigenvalue weighted by Crippen LogP contribution is -2.43. The molecule has 0 saturated carbocycles. The molecule has 180 valence electrons. The van der Waals surface area contributed by atoms with E-state index in [2.05, 4.69) is 27.4 Å². The third-order valence-corrected chi connectivity index (χ3v) is 7.61. The summed E-state index contributed by atoms with van der Waals surface area (Å²) in [5, 5.41) is 6.19. The van der Waals surface area contributed by atoms with Gasteiger partial charge in [-0.2, -0.15) is 0 Å². The van der Waals surface area contributed by atoms with Gasteiger partial charge in [0.15, 0.2) is 0 Å². The second kappa shape index (κ2) is 10.4. The number of benzene rings is 2. The predicted octanol–water partition coefficient (Wildman–Crippen LogP) is 4.93. The van der Waals surface area contributed by atoms with Crippen LogP contribution in [0.3, 0.4) is 0 Å². The highest BCUT2D eigenvalue weighted by Gasteiger charge is 2.29. The minimum absolute atomic E-state index is 0.0273. The van der Waals surface area contributed by atoms with Crippen LogP contribution in [0.15, 0.2) is 72.1 Å². The molecule has 2 aromatic heterocycles. The van der Waals surface area contributed by atoms with E-state index in [9.17, 15) is 9.59 Å². The summed E-state index contributed by atoms with van der Waals surface area (Å²) >= 11 is 1.64. The first kappa shape index (κ1) is 23.2. The number of rotatable bonds is 7. The minimum atomic E-state index is -0.0603.